The van der Waals surface area contributed by atoms with Crippen molar-refractivity contribution >= 4 is 28.4 Å². The second kappa shape index (κ2) is 8.17. The highest BCUT2D eigenvalue weighted by Gasteiger charge is 2.14. The van der Waals surface area contributed by atoms with E-state index in [0.29, 0.717) is 11.7 Å². The molecular formula is C22H26N8O. The smallest absolute Gasteiger partial charge is 0.227 e. The van der Waals surface area contributed by atoms with Crippen molar-refractivity contribution < 1.29 is 4.74 Å². The van der Waals surface area contributed by atoms with Crippen molar-refractivity contribution in [1.29, 1.82) is 0 Å². The van der Waals surface area contributed by atoms with Crippen LogP contribution in [0.4, 0.5) is 17.5 Å². The number of rotatable bonds is 6. The van der Waals surface area contributed by atoms with Gasteiger partial charge < -0.3 is 19.9 Å². The lowest BCUT2D eigenvalue weighted by atomic mass is 9.97. The lowest BCUT2D eigenvalue weighted by Gasteiger charge is -2.19. The summed E-state index contributed by atoms with van der Waals surface area (Å²) < 4.78 is 7.44. The van der Waals surface area contributed by atoms with Gasteiger partial charge in [-0.05, 0) is 29.7 Å². The van der Waals surface area contributed by atoms with Crippen molar-refractivity contribution in [2.45, 2.75) is 20.8 Å². The van der Waals surface area contributed by atoms with Crippen LogP contribution in [0.3, 0.4) is 0 Å². The van der Waals surface area contributed by atoms with Gasteiger partial charge in [0, 0.05) is 36.9 Å². The molecule has 0 saturated carbocycles. The van der Waals surface area contributed by atoms with Crippen LogP contribution >= 0.6 is 0 Å². The highest BCUT2D eigenvalue weighted by molar-refractivity contribution is 5.88. The van der Waals surface area contributed by atoms with Crippen LogP contribution in [-0.2, 0) is 7.05 Å². The number of hydrogen-bond acceptors (Lipinski definition) is 8. The van der Waals surface area contributed by atoms with Crippen molar-refractivity contribution in [3.63, 3.8) is 0 Å². The van der Waals surface area contributed by atoms with E-state index in [1.165, 1.54) is 0 Å². The predicted molar refractivity (Wildman–Crippen MR) is 122 cm³/mol. The zero-order chi connectivity index (χ0) is 22.0. The molecule has 0 aliphatic rings. The molecule has 4 aromatic rings. The van der Waals surface area contributed by atoms with Crippen LogP contribution < -0.4 is 15.4 Å². The van der Waals surface area contributed by atoms with Gasteiger partial charge in [-0.2, -0.15) is 0 Å². The lowest BCUT2D eigenvalue weighted by Crippen LogP contribution is -2.19. The van der Waals surface area contributed by atoms with Crippen LogP contribution in [0, 0.1) is 5.41 Å². The number of anilines is 3. The standard InChI is InChI=1S/C22H26N8O/c1-22(2,3)12-25-19-18-15(8-9-23-19)11-24-21(28-18)27-16-7-6-14(10-17(16)31-5)20-29-26-13-30(20)4/h6-11,13H,12H2,1-5H3,(H,23,25)(H,24,27,28). The topological polar surface area (TPSA) is 103 Å². The Morgan fingerprint density at radius 3 is 2.68 bits per heavy atom. The Balaban J connectivity index is 1.64. The summed E-state index contributed by atoms with van der Waals surface area (Å²) in [7, 11) is 3.52. The van der Waals surface area contributed by atoms with Gasteiger partial charge in [-0.1, -0.05) is 20.8 Å². The molecular weight excluding hydrogens is 392 g/mol. The predicted octanol–water partition coefficient (Wildman–Crippen LogP) is 4.03. The molecule has 31 heavy (non-hydrogen) atoms. The molecule has 4 rings (SSSR count). The Bertz CT molecular complexity index is 1210. The summed E-state index contributed by atoms with van der Waals surface area (Å²) in [5, 5.41) is 15.7. The number of nitrogens with zero attached hydrogens (tertiary/aromatic N) is 6. The number of aromatic nitrogens is 6. The van der Waals surface area contributed by atoms with Crippen molar-refractivity contribution in [3.8, 4) is 17.1 Å². The fraction of sp³-hybridized carbons (Fsp3) is 0.318. The van der Waals surface area contributed by atoms with E-state index < -0.39 is 0 Å². The molecule has 2 N–H and O–H groups in total. The van der Waals surface area contributed by atoms with Gasteiger partial charge in [-0.15, -0.1) is 10.2 Å². The van der Waals surface area contributed by atoms with Gasteiger partial charge in [0.2, 0.25) is 5.95 Å². The monoisotopic (exact) mass is 418 g/mol. The van der Waals surface area contributed by atoms with Crippen LogP contribution in [0.5, 0.6) is 5.75 Å². The van der Waals surface area contributed by atoms with Crippen LogP contribution in [0.1, 0.15) is 20.8 Å². The van der Waals surface area contributed by atoms with Crippen molar-refractivity contribution in [2.75, 3.05) is 24.3 Å². The summed E-state index contributed by atoms with van der Waals surface area (Å²) in [5.74, 6) is 2.61. The SMILES string of the molecule is COc1cc(-c2nncn2C)ccc1Nc1ncc2ccnc(NCC(C)(C)C)c2n1. The Labute approximate surface area is 180 Å². The molecule has 3 heterocycles. The Hall–Kier alpha value is -3.75. The zero-order valence-electron chi connectivity index (χ0n) is 18.3. The van der Waals surface area contributed by atoms with E-state index in [9.17, 15) is 0 Å². The second-order valence-corrected chi connectivity index (χ2v) is 8.51. The van der Waals surface area contributed by atoms with E-state index in [1.54, 1.807) is 25.8 Å². The Morgan fingerprint density at radius 2 is 1.97 bits per heavy atom. The summed E-state index contributed by atoms with van der Waals surface area (Å²) in [4.78, 5) is 13.6. The first-order valence-electron chi connectivity index (χ1n) is 9.99. The minimum atomic E-state index is 0.121. The average molecular weight is 419 g/mol. The molecule has 1 aromatic carbocycles. The molecule has 9 heteroatoms. The van der Waals surface area contributed by atoms with Crippen molar-refractivity contribution in [1.82, 2.24) is 29.7 Å². The van der Waals surface area contributed by atoms with E-state index >= 15 is 0 Å². The van der Waals surface area contributed by atoms with E-state index in [4.69, 9.17) is 9.72 Å². The Kier molecular flexibility index (Phi) is 5.41. The minimum Gasteiger partial charge on any atom is -0.495 e. The molecule has 0 spiro atoms. The van der Waals surface area contributed by atoms with Crippen LogP contribution in [0.25, 0.3) is 22.3 Å². The first kappa shape index (κ1) is 20.5. The minimum absolute atomic E-state index is 0.121. The molecule has 0 aliphatic carbocycles. The van der Waals surface area contributed by atoms with E-state index in [-0.39, 0.29) is 5.41 Å². The second-order valence-electron chi connectivity index (χ2n) is 8.51. The molecule has 0 bridgehead atoms. The summed E-state index contributed by atoms with van der Waals surface area (Å²) in [6.45, 7) is 7.29. The van der Waals surface area contributed by atoms with Gasteiger partial charge in [-0.25, -0.2) is 15.0 Å². The first-order valence-corrected chi connectivity index (χ1v) is 9.99. The molecule has 0 amide bonds. The fourth-order valence-electron chi connectivity index (χ4n) is 3.09. The fourth-order valence-corrected chi connectivity index (χ4v) is 3.09. The van der Waals surface area contributed by atoms with E-state index in [2.05, 4.69) is 51.6 Å². The maximum Gasteiger partial charge on any atom is 0.227 e. The number of hydrogen-bond donors (Lipinski definition) is 2. The number of ether oxygens (including phenoxy) is 1. The molecule has 0 atom stereocenters. The van der Waals surface area contributed by atoms with Gasteiger partial charge in [-0.3, -0.25) is 0 Å². The Morgan fingerprint density at radius 1 is 1.13 bits per heavy atom. The summed E-state index contributed by atoms with van der Waals surface area (Å²) >= 11 is 0. The van der Waals surface area contributed by atoms with Gasteiger partial charge >= 0.3 is 0 Å². The van der Waals surface area contributed by atoms with Crippen molar-refractivity contribution in [3.05, 3.63) is 43.0 Å². The maximum atomic E-state index is 5.58. The number of methoxy groups -OCH3 is 1. The molecule has 9 nitrogen and oxygen atoms in total. The van der Waals surface area contributed by atoms with Crippen molar-refractivity contribution in [2.24, 2.45) is 12.5 Å². The number of aryl methyl sites for hydroxylation is 1. The van der Waals surface area contributed by atoms with Gasteiger partial charge in [0.25, 0.3) is 0 Å². The average Bonchev–Trinajstić information content (AvgIpc) is 3.18. The van der Waals surface area contributed by atoms with Crippen LogP contribution in [0.15, 0.2) is 43.0 Å². The number of pyridine rings is 1. The summed E-state index contributed by atoms with van der Waals surface area (Å²) in [6, 6.07) is 7.68. The highest BCUT2D eigenvalue weighted by atomic mass is 16.5. The number of nitrogens with one attached hydrogen (secondary N) is 2. The van der Waals surface area contributed by atoms with Crippen LogP contribution in [0.2, 0.25) is 0 Å². The van der Waals surface area contributed by atoms with Gasteiger partial charge in [0.1, 0.15) is 17.6 Å². The molecule has 0 unspecified atom stereocenters. The number of benzene rings is 1. The highest BCUT2D eigenvalue weighted by Crippen LogP contribution is 2.32. The summed E-state index contributed by atoms with van der Waals surface area (Å²) in [5.41, 5.74) is 2.54. The maximum absolute atomic E-state index is 5.58. The van der Waals surface area contributed by atoms with Gasteiger partial charge in [0.05, 0.1) is 12.8 Å². The van der Waals surface area contributed by atoms with E-state index in [1.807, 2.05) is 35.9 Å². The molecule has 160 valence electrons. The third kappa shape index (κ3) is 4.55. The zero-order valence-corrected chi connectivity index (χ0v) is 18.3. The number of fused-ring (bicyclic) bond motifs is 1. The molecule has 0 aliphatic heterocycles. The lowest BCUT2D eigenvalue weighted by molar-refractivity contribution is 0.417. The third-order valence-corrected chi connectivity index (χ3v) is 4.70. The largest absolute Gasteiger partial charge is 0.495 e. The quantitative estimate of drug-likeness (QED) is 0.484. The first-order chi connectivity index (χ1) is 14.8. The molecule has 0 saturated heterocycles. The molecule has 3 aromatic heterocycles. The molecule has 0 fully saturated rings. The normalized spacial score (nSPS) is 11.5. The van der Waals surface area contributed by atoms with E-state index in [0.717, 1.165) is 40.3 Å². The third-order valence-electron chi connectivity index (χ3n) is 4.70. The summed E-state index contributed by atoms with van der Waals surface area (Å²) in [6.07, 6.45) is 5.21. The molecule has 0 radical (unpaired) electrons. The van der Waals surface area contributed by atoms with Gasteiger partial charge in [0.15, 0.2) is 11.6 Å². The van der Waals surface area contributed by atoms with Crippen LogP contribution in [-0.4, -0.2) is 43.4 Å².